The quantitative estimate of drug-likeness (QED) is 0.523. The summed E-state index contributed by atoms with van der Waals surface area (Å²) in [7, 11) is 1.16. The van der Waals surface area contributed by atoms with Crippen LogP contribution >= 0.6 is 11.3 Å². The predicted molar refractivity (Wildman–Crippen MR) is 59.5 cm³/mol. The number of methoxy groups -OCH3 is 1. The Bertz CT molecular complexity index is 479. The van der Waals surface area contributed by atoms with E-state index in [1.165, 1.54) is 11.4 Å². The van der Waals surface area contributed by atoms with E-state index in [2.05, 4.69) is 10.1 Å². The zero-order chi connectivity index (χ0) is 13.8. The first-order valence-corrected chi connectivity index (χ1v) is 5.43. The van der Waals surface area contributed by atoms with Crippen LogP contribution in [0.2, 0.25) is 0 Å². The van der Waals surface area contributed by atoms with Crippen molar-refractivity contribution >= 4 is 29.3 Å². The van der Waals surface area contributed by atoms with Crippen molar-refractivity contribution in [3.63, 3.8) is 0 Å². The van der Waals surface area contributed by atoms with Gasteiger partial charge in [-0.05, 0) is 11.4 Å². The zero-order valence-corrected chi connectivity index (χ0v) is 9.89. The highest BCUT2D eigenvalue weighted by molar-refractivity contribution is 7.12. The third kappa shape index (κ3) is 3.33. The average Bonchev–Trinajstić information content (AvgIpc) is 2.75. The molecule has 0 aromatic carbocycles. The molecule has 0 fully saturated rings. The molecular weight excluding hydrogens is 271 g/mol. The van der Waals surface area contributed by atoms with Crippen molar-refractivity contribution in [1.82, 2.24) is 0 Å². The van der Waals surface area contributed by atoms with Crippen molar-refractivity contribution in [1.29, 1.82) is 0 Å². The van der Waals surface area contributed by atoms with E-state index in [1.54, 1.807) is 0 Å². The SMILES string of the molecule is COC(=O)c1sccc1N/C=C(\C=O)C(F)(F)F. The van der Waals surface area contributed by atoms with Gasteiger partial charge >= 0.3 is 12.1 Å². The molecule has 1 aromatic heterocycles. The molecule has 0 aliphatic carbocycles. The topological polar surface area (TPSA) is 55.4 Å². The summed E-state index contributed by atoms with van der Waals surface area (Å²) < 4.78 is 41.2. The minimum atomic E-state index is -4.74. The van der Waals surface area contributed by atoms with Crippen LogP contribution in [-0.4, -0.2) is 25.5 Å². The first kappa shape index (κ1) is 14.2. The molecule has 0 saturated heterocycles. The van der Waals surface area contributed by atoms with Gasteiger partial charge in [-0.1, -0.05) is 0 Å². The van der Waals surface area contributed by atoms with Crippen LogP contribution < -0.4 is 5.32 Å². The second-order valence-corrected chi connectivity index (χ2v) is 3.93. The Hall–Kier alpha value is -1.83. The Morgan fingerprint density at radius 1 is 1.50 bits per heavy atom. The highest BCUT2D eigenvalue weighted by Crippen LogP contribution is 2.26. The van der Waals surface area contributed by atoms with Gasteiger partial charge < -0.3 is 10.1 Å². The number of hydrogen-bond donors (Lipinski definition) is 1. The highest BCUT2D eigenvalue weighted by Gasteiger charge is 2.33. The van der Waals surface area contributed by atoms with Gasteiger partial charge in [0.25, 0.3) is 0 Å². The average molecular weight is 279 g/mol. The summed E-state index contributed by atoms with van der Waals surface area (Å²) in [4.78, 5) is 21.6. The molecule has 0 spiro atoms. The predicted octanol–water partition coefficient (Wildman–Crippen LogP) is 2.59. The number of rotatable bonds is 4. The number of esters is 1. The van der Waals surface area contributed by atoms with Crippen LogP contribution in [0.5, 0.6) is 0 Å². The molecule has 1 aromatic rings. The van der Waals surface area contributed by atoms with Crippen LogP contribution in [0.15, 0.2) is 23.2 Å². The summed E-state index contributed by atoms with van der Waals surface area (Å²) in [6.45, 7) is 0. The number of carbonyl (C=O) groups is 2. The fourth-order valence-electron chi connectivity index (χ4n) is 1.01. The van der Waals surface area contributed by atoms with Gasteiger partial charge in [0.15, 0.2) is 6.29 Å². The second kappa shape index (κ2) is 5.67. The number of aldehydes is 1. The first-order valence-electron chi connectivity index (χ1n) is 4.55. The van der Waals surface area contributed by atoms with Crippen LogP contribution in [0.1, 0.15) is 9.67 Å². The van der Waals surface area contributed by atoms with Crippen LogP contribution in [0.3, 0.4) is 0 Å². The molecule has 0 unspecified atom stereocenters. The lowest BCUT2D eigenvalue weighted by Crippen LogP contribution is -2.14. The summed E-state index contributed by atoms with van der Waals surface area (Å²) in [6, 6.07) is 1.41. The fraction of sp³-hybridized carbons (Fsp3) is 0.200. The Kier molecular flexibility index (Phi) is 4.49. The van der Waals surface area contributed by atoms with Crippen LogP contribution in [0.25, 0.3) is 0 Å². The molecule has 1 heterocycles. The number of hydrogen-bond acceptors (Lipinski definition) is 5. The summed E-state index contributed by atoms with van der Waals surface area (Å²) >= 11 is 1.01. The maximum Gasteiger partial charge on any atom is 0.420 e. The van der Waals surface area contributed by atoms with Crippen molar-refractivity contribution in [2.24, 2.45) is 0 Å². The summed E-state index contributed by atoms with van der Waals surface area (Å²) in [6.07, 6.45) is -4.55. The molecular formula is C10H8F3NO3S. The molecule has 0 aliphatic rings. The third-order valence-electron chi connectivity index (χ3n) is 1.87. The van der Waals surface area contributed by atoms with Gasteiger partial charge in [0.2, 0.25) is 0 Å². The fourth-order valence-corrected chi connectivity index (χ4v) is 1.79. The van der Waals surface area contributed by atoms with E-state index in [9.17, 15) is 22.8 Å². The Morgan fingerprint density at radius 3 is 2.67 bits per heavy atom. The molecule has 98 valence electrons. The smallest absolute Gasteiger partial charge is 0.420 e. The normalized spacial score (nSPS) is 12.1. The number of halogens is 3. The molecule has 0 atom stereocenters. The molecule has 4 nitrogen and oxygen atoms in total. The minimum Gasteiger partial charge on any atom is -0.465 e. The van der Waals surface area contributed by atoms with Gasteiger partial charge in [-0.2, -0.15) is 13.2 Å². The summed E-state index contributed by atoms with van der Waals surface area (Å²) in [5, 5.41) is 3.77. The Labute approximate surface area is 104 Å². The standard InChI is InChI=1S/C10H8F3NO3S/c1-17-9(16)8-7(2-3-18-8)14-4-6(5-15)10(11,12)13/h2-5,14H,1H3/b6-4+. The van der Waals surface area contributed by atoms with E-state index < -0.39 is 17.7 Å². The number of allylic oxidation sites excluding steroid dienone is 1. The van der Waals surface area contributed by atoms with Gasteiger partial charge in [0.1, 0.15) is 10.5 Å². The summed E-state index contributed by atoms with van der Waals surface area (Å²) in [5.74, 6) is -0.666. The number of carbonyl (C=O) groups excluding carboxylic acids is 2. The number of anilines is 1. The highest BCUT2D eigenvalue weighted by atomic mass is 32.1. The molecule has 0 amide bonds. The maximum absolute atomic E-state index is 12.2. The van der Waals surface area contributed by atoms with Gasteiger partial charge in [-0.3, -0.25) is 4.79 Å². The van der Waals surface area contributed by atoms with E-state index in [0.29, 0.717) is 6.20 Å². The van der Waals surface area contributed by atoms with Crippen LogP contribution in [0, 0.1) is 0 Å². The lowest BCUT2D eigenvalue weighted by Gasteiger charge is -2.06. The van der Waals surface area contributed by atoms with E-state index >= 15 is 0 Å². The number of ether oxygens (including phenoxy) is 1. The van der Waals surface area contributed by atoms with Gasteiger partial charge in [-0.25, -0.2) is 4.79 Å². The minimum absolute atomic E-state index is 0.126. The van der Waals surface area contributed by atoms with Crippen LogP contribution in [-0.2, 0) is 9.53 Å². The maximum atomic E-state index is 12.2. The lowest BCUT2D eigenvalue weighted by atomic mass is 10.3. The van der Waals surface area contributed by atoms with Crippen molar-refractivity contribution < 1.29 is 27.5 Å². The lowest BCUT2D eigenvalue weighted by molar-refractivity contribution is -0.119. The largest absolute Gasteiger partial charge is 0.465 e. The van der Waals surface area contributed by atoms with Crippen molar-refractivity contribution in [2.45, 2.75) is 6.18 Å². The van der Waals surface area contributed by atoms with Crippen molar-refractivity contribution in [3.05, 3.63) is 28.1 Å². The van der Waals surface area contributed by atoms with Crippen molar-refractivity contribution in [3.8, 4) is 0 Å². The zero-order valence-electron chi connectivity index (χ0n) is 9.08. The van der Waals surface area contributed by atoms with Crippen molar-refractivity contribution in [2.75, 3.05) is 12.4 Å². The molecule has 1 rings (SSSR count). The van der Waals surface area contributed by atoms with E-state index in [1.807, 2.05) is 0 Å². The third-order valence-corrected chi connectivity index (χ3v) is 2.77. The summed E-state index contributed by atoms with van der Waals surface area (Å²) in [5.41, 5.74) is -1.22. The van der Waals surface area contributed by atoms with E-state index in [-0.39, 0.29) is 16.9 Å². The van der Waals surface area contributed by atoms with E-state index in [4.69, 9.17) is 0 Å². The molecule has 0 aliphatic heterocycles. The van der Waals surface area contributed by atoms with Gasteiger partial charge in [0.05, 0.1) is 12.8 Å². The molecule has 8 heteroatoms. The monoisotopic (exact) mass is 279 g/mol. The number of nitrogens with one attached hydrogen (secondary N) is 1. The molecule has 18 heavy (non-hydrogen) atoms. The Balaban J connectivity index is 2.92. The second-order valence-electron chi connectivity index (χ2n) is 3.01. The van der Waals surface area contributed by atoms with Gasteiger partial charge in [0, 0.05) is 6.20 Å². The molecule has 0 saturated carbocycles. The Morgan fingerprint density at radius 2 is 2.17 bits per heavy atom. The molecule has 0 radical (unpaired) electrons. The molecule has 0 bridgehead atoms. The number of alkyl halides is 3. The first-order chi connectivity index (χ1) is 8.40. The number of thiophene rings is 1. The van der Waals surface area contributed by atoms with E-state index in [0.717, 1.165) is 18.4 Å². The van der Waals surface area contributed by atoms with Gasteiger partial charge in [-0.15, -0.1) is 11.3 Å². The van der Waals surface area contributed by atoms with Crippen LogP contribution in [0.4, 0.5) is 18.9 Å². The molecule has 1 N–H and O–H groups in total.